The van der Waals surface area contributed by atoms with Crippen molar-refractivity contribution in [3.05, 3.63) is 23.8 Å². The molecule has 0 saturated heterocycles. The molecule has 0 unspecified atom stereocenters. The molecule has 0 aliphatic rings. The lowest BCUT2D eigenvalue weighted by Crippen LogP contribution is -2.09. The molecule has 2 rings (SSSR count). The molecule has 0 aliphatic heterocycles. The number of tetrazole rings is 1. The Hall–Kier alpha value is -1.91. The minimum Gasteiger partial charge on any atom is -0.398 e. The maximum atomic E-state index is 6.00. The van der Waals surface area contributed by atoms with Crippen molar-refractivity contribution in [3.8, 4) is 11.4 Å². The van der Waals surface area contributed by atoms with Crippen molar-refractivity contribution in [1.29, 1.82) is 0 Å². The Labute approximate surface area is 101 Å². The van der Waals surface area contributed by atoms with Crippen LogP contribution in [0.2, 0.25) is 0 Å². The van der Waals surface area contributed by atoms with E-state index in [0.29, 0.717) is 11.6 Å². The number of rotatable bonds is 3. The van der Waals surface area contributed by atoms with Gasteiger partial charge < -0.3 is 5.73 Å². The standard InChI is InChI=1S/C12H17N5/c1-8(2)7-17-12(14-15-16-17)11-9(3)5-4-6-10(11)13/h4-6,8H,7,13H2,1-3H3. The molecular weight excluding hydrogens is 214 g/mol. The van der Waals surface area contributed by atoms with E-state index in [4.69, 9.17) is 5.73 Å². The minimum atomic E-state index is 0.488. The van der Waals surface area contributed by atoms with Crippen LogP contribution in [0, 0.1) is 12.8 Å². The lowest BCUT2D eigenvalue weighted by atomic mass is 10.1. The molecule has 17 heavy (non-hydrogen) atoms. The summed E-state index contributed by atoms with van der Waals surface area (Å²) in [6.07, 6.45) is 0. The quantitative estimate of drug-likeness (QED) is 0.819. The molecular formula is C12H17N5. The summed E-state index contributed by atoms with van der Waals surface area (Å²) in [5.41, 5.74) is 8.73. The van der Waals surface area contributed by atoms with Gasteiger partial charge in [-0.15, -0.1) is 5.10 Å². The molecule has 0 radical (unpaired) electrons. The van der Waals surface area contributed by atoms with Gasteiger partial charge in [0.25, 0.3) is 0 Å². The fraction of sp³-hybridized carbons (Fsp3) is 0.417. The lowest BCUT2D eigenvalue weighted by molar-refractivity contribution is 0.475. The van der Waals surface area contributed by atoms with E-state index in [1.165, 1.54) is 0 Å². The van der Waals surface area contributed by atoms with Gasteiger partial charge in [-0.2, -0.15) is 0 Å². The fourth-order valence-electron chi connectivity index (χ4n) is 1.85. The predicted octanol–water partition coefficient (Wildman–Crippen LogP) is 1.89. The van der Waals surface area contributed by atoms with E-state index in [2.05, 4.69) is 29.4 Å². The Kier molecular flexibility index (Phi) is 3.08. The first-order chi connectivity index (χ1) is 8.09. The maximum Gasteiger partial charge on any atom is 0.184 e. The van der Waals surface area contributed by atoms with Crippen LogP contribution in [0.4, 0.5) is 5.69 Å². The summed E-state index contributed by atoms with van der Waals surface area (Å²) in [6, 6.07) is 5.82. The van der Waals surface area contributed by atoms with Gasteiger partial charge >= 0.3 is 0 Å². The topological polar surface area (TPSA) is 69.6 Å². The average molecular weight is 231 g/mol. The van der Waals surface area contributed by atoms with Crippen molar-refractivity contribution in [2.24, 2.45) is 5.92 Å². The summed E-state index contributed by atoms with van der Waals surface area (Å²) in [7, 11) is 0. The van der Waals surface area contributed by atoms with E-state index in [9.17, 15) is 0 Å². The normalized spacial score (nSPS) is 11.1. The highest BCUT2D eigenvalue weighted by Gasteiger charge is 2.14. The molecule has 0 aliphatic carbocycles. The zero-order valence-corrected chi connectivity index (χ0v) is 10.4. The second-order valence-corrected chi connectivity index (χ2v) is 4.62. The first kappa shape index (κ1) is 11.6. The summed E-state index contributed by atoms with van der Waals surface area (Å²) in [6.45, 7) is 7.07. The molecule has 0 bridgehead atoms. The van der Waals surface area contributed by atoms with Crippen LogP contribution in [0.3, 0.4) is 0 Å². The largest absolute Gasteiger partial charge is 0.398 e. The molecule has 1 heterocycles. The monoisotopic (exact) mass is 231 g/mol. The zero-order valence-electron chi connectivity index (χ0n) is 10.4. The van der Waals surface area contributed by atoms with Crippen molar-refractivity contribution in [1.82, 2.24) is 20.2 Å². The molecule has 0 saturated carbocycles. The summed E-state index contributed by atoms with van der Waals surface area (Å²) >= 11 is 0. The van der Waals surface area contributed by atoms with Gasteiger partial charge in [-0.1, -0.05) is 26.0 Å². The number of aromatic nitrogens is 4. The van der Waals surface area contributed by atoms with Crippen molar-refractivity contribution in [2.45, 2.75) is 27.3 Å². The third-order valence-corrected chi connectivity index (χ3v) is 2.60. The second kappa shape index (κ2) is 4.53. The van der Waals surface area contributed by atoms with E-state index in [1.54, 1.807) is 0 Å². The van der Waals surface area contributed by atoms with E-state index < -0.39 is 0 Å². The first-order valence-electron chi connectivity index (χ1n) is 5.71. The van der Waals surface area contributed by atoms with Crippen LogP contribution in [0.25, 0.3) is 11.4 Å². The molecule has 0 fully saturated rings. The summed E-state index contributed by atoms with van der Waals surface area (Å²) < 4.78 is 1.81. The first-order valence-corrected chi connectivity index (χ1v) is 5.71. The highest BCUT2D eigenvalue weighted by molar-refractivity contribution is 5.74. The predicted molar refractivity (Wildman–Crippen MR) is 67.2 cm³/mol. The highest BCUT2D eigenvalue weighted by Crippen LogP contribution is 2.27. The van der Waals surface area contributed by atoms with Crippen molar-refractivity contribution in [2.75, 3.05) is 5.73 Å². The third kappa shape index (κ3) is 2.27. The van der Waals surface area contributed by atoms with Gasteiger partial charge in [0.15, 0.2) is 5.82 Å². The van der Waals surface area contributed by atoms with E-state index in [1.807, 2.05) is 29.8 Å². The van der Waals surface area contributed by atoms with Crippen LogP contribution in [-0.4, -0.2) is 20.2 Å². The Morgan fingerprint density at radius 2 is 2.12 bits per heavy atom. The summed E-state index contributed by atoms with van der Waals surface area (Å²) in [4.78, 5) is 0. The fourth-order valence-corrected chi connectivity index (χ4v) is 1.85. The van der Waals surface area contributed by atoms with Crippen LogP contribution < -0.4 is 5.73 Å². The number of benzene rings is 1. The Morgan fingerprint density at radius 3 is 2.76 bits per heavy atom. The molecule has 0 amide bonds. The molecule has 0 atom stereocenters. The lowest BCUT2D eigenvalue weighted by Gasteiger charge is -2.10. The van der Waals surface area contributed by atoms with Gasteiger partial charge in [0.2, 0.25) is 0 Å². The van der Waals surface area contributed by atoms with E-state index in [0.717, 1.165) is 23.5 Å². The Bertz CT molecular complexity index is 495. The van der Waals surface area contributed by atoms with E-state index >= 15 is 0 Å². The molecule has 2 aromatic rings. The summed E-state index contributed by atoms with van der Waals surface area (Å²) in [5.74, 6) is 1.23. The van der Waals surface area contributed by atoms with Gasteiger partial charge in [-0.05, 0) is 34.9 Å². The summed E-state index contributed by atoms with van der Waals surface area (Å²) in [5, 5.41) is 11.8. The molecule has 5 nitrogen and oxygen atoms in total. The number of nitrogens with zero attached hydrogens (tertiary/aromatic N) is 4. The van der Waals surface area contributed by atoms with Gasteiger partial charge in [0.05, 0.1) is 0 Å². The molecule has 1 aromatic heterocycles. The van der Waals surface area contributed by atoms with E-state index in [-0.39, 0.29) is 0 Å². The SMILES string of the molecule is Cc1cccc(N)c1-c1nnnn1CC(C)C. The Morgan fingerprint density at radius 1 is 1.35 bits per heavy atom. The van der Waals surface area contributed by atoms with Crippen molar-refractivity contribution < 1.29 is 0 Å². The van der Waals surface area contributed by atoms with Gasteiger partial charge in [0.1, 0.15) is 0 Å². The molecule has 5 heteroatoms. The third-order valence-electron chi connectivity index (χ3n) is 2.60. The number of anilines is 1. The Balaban J connectivity index is 2.50. The zero-order chi connectivity index (χ0) is 12.4. The van der Waals surface area contributed by atoms with Crippen LogP contribution >= 0.6 is 0 Å². The smallest absolute Gasteiger partial charge is 0.184 e. The molecule has 0 spiro atoms. The second-order valence-electron chi connectivity index (χ2n) is 4.62. The molecule has 1 aromatic carbocycles. The molecule has 90 valence electrons. The van der Waals surface area contributed by atoms with Crippen LogP contribution in [-0.2, 0) is 6.54 Å². The maximum absolute atomic E-state index is 6.00. The van der Waals surface area contributed by atoms with Crippen molar-refractivity contribution in [3.63, 3.8) is 0 Å². The minimum absolute atomic E-state index is 0.488. The van der Waals surface area contributed by atoms with Crippen LogP contribution in [0.5, 0.6) is 0 Å². The van der Waals surface area contributed by atoms with Crippen LogP contribution in [0.15, 0.2) is 18.2 Å². The number of nitrogens with two attached hydrogens (primary N) is 1. The highest BCUT2D eigenvalue weighted by atomic mass is 15.5. The van der Waals surface area contributed by atoms with Gasteiger partial charge in [0, 0.05) is 17.8 Å². The van der Waals surface area contributed by atoms with Crippen LogP contribution in [0.1, 0.15) is 19.4 Å². The molecule has 2 N–H and O–H groups in total. The van der Waals surface area contributed by atoms with Gasteiger partial charge in [-0.3, -0.25) is 0 Å². The van der Waals surface area contributed by atoms with Gasteiger partial charge in [-0.25, -0.2) is 4.68 Å². The average Bonchev–Trinajstić information content (AvgIpc) is 2.65. The number of nitrogen functional groups attached to an aromatic ring is 1. The van der Waals surface area contributed by atoms with Crippen molar-refractivity contribution >= 4 is 5.69 Å². The number of hydrogen-bond donors (Lipinski definition) is 1. The number of hydrogen-bond acceptors (Lipinski definition) is 4. The number of aryl methyl sites for hydroxylation is 1.